The van der Waals surface area contributed by atoms with Crippen LogP contribution in [0.25, 0.3) is 0 Å². The Balaban J connectivity index is 2.52. The molecule has 15 heavy (non-hydrogen) atoms. The van der Waals surface area contributed by atoms with Crippen molar-refractivity contribution in [2.75, 3.05) is 19.6 Å². The van der Waals surface area contributed by atoms with E-state index >= 15 is 0 Å². The first-order chi connectivity index (χ1) is 7.22. The minimum atomic E-state index is 0.358. The lowest BCUT2D eigenvalue weighted by Crippen LogP contribution is -2.48. The highest BCUT2D eigenvalue weighted by Crippen LogP contribution is 2.24. The van der Waals surface area contributed by atoms with Gasteiger partial charge in [0.2, 0.25) is 0 Å². The summed E-state index contributed by atoms with van der Waals surface area (Å²) in [4.78, 5) is 2.46. The predicted molar refractivity (Wildman–Crippen MR) is 63.9 cm³/mol. The third-order valence-electron chi connectivity index (χ3n) is 3.32. The Kier molecular flexibility index (Phi) is 5.58. The molecule has 0 bridgehead atoms. The van der Waals surface area contributed by atoms with Crippen molar-refractivity contribution in [3.05, 3.63) is 0 Å². The van der Waals surface area contributed by atoms with Crippen molar-refractivity contribution >= 4 is 0 Å². The molecule has 3 nitrogen and oxygen atoms in total. The van der Waals surface area contributed by atoms with Crippen molar-refractivity contribution in [3.63, 3.8) is 0 Å². The first-order valence-electron chi connectivity index (χ1n) is 6.32. The highest BCUT2D eigenvalue weighted by atomic mass is 16.5. The fourth-order valence-corrected chi connectivity index (χ4v) is 2.50. The second-order valence-electron chi connectivity index (χ2n) is 4.49. The molecule has 0 saturated carbocycles. The average Bonchev–Trinajstić information content (AvgIpc) is 2.64. The van der Waals surface area contributed by atoms with Gasteiger partial charge in [0, 0.05) is 12.6 Å². The monoisotopic (exact) mass is 214 g/mol. The molecule has 0 aliphatic carbocycles. The maximum absolute atomic E-state index is 5.92. The third-order valence-corrected chi connectivity index (χ3v) is 3.32. The summed E-state index contributed by atoms with van der Waals surface area (Å²) in [6.45, 7) is 9.50. The van der Waals surface area contributed by atoms with Crippen LogP contribution in [0.1, 0.15) is 40.0 Å². The largest absolute Gasteiger partial charge is 0.374 e. The first kappa shape index (κ1) is 12.9. The molecule has 0 spiro atoms. The highest BCUT2D eigenvalue weighted by Gasteiger charge is 2.31. The van der Waals surface area contributed by atoms with Crippen molar-refractivity contribution in [3.8, 4) is 0 Å². The van der Waals surface area contributed by atoms with Crippen molar-refractivity contribution < 1.29 is 4.74 Å². The van der Waals surface area contributed by atoms with Crippen molar-refractivity contribution in [1.82, 2.24) is 4.90 Å². The summed E-state index contributed by atoms with van der Waals surface area (Å²) in [7, 11) is 0. The van der Waals surface area contributed by atoms with E-state index in [-0.39, 0.29) is 0 Å². The number of hydrogen-bond acceptors (Lipinski definition) is 3. The molecule has 0 radical (unpaired) electrons. The Morgan fingerprint density at radius 1 is 1.40 bits per heavy atom. The lowest BCUT2D eigenvalue weighted by Gasteiger charge is -2.33. The van der Waals surface area contributed by atoms with Crippen molar-refractivity contribution in [2.24, 2.45) is 5.73 Å². The normalized spacial score (nSPS) is 28.6. The average molecular weight is 214 g/mol. The standard InChI is InChI=1S/C12H26N2O/c1-4-8-14(5-2)11(9-13)12-7-6-10(3)15-12/h10-12H,4-9,13H2,1-3H3. The zero-order valence-corrected chi connectivity index (χ0v) is 10.4. The van der Waals surface area contributed by atoms with E-state index in [4.69, 9.17) is 10.5 Å². The molecule has 3 atom stereocenters. The maximum Gasteiger partial charge on any atom is 0.0747 e. The molecule has 1 saturated heterocycles. The second kappa shape index (κ2) is 6.46. The zero-order valence-electron chi connectivity index (χ0n) is 10.4. The van der Waals surface area contributed by atoms with Gasteiger partial charge >= 0.3 is 0 Å². The molecule has 0 amide bonds. The summed E-state index contributed by atoms with van der Waals surface area (Å²) in [5, 5.41) is 0. The van der Waals surface area contributed by atoms with E-state index in [1.165, 1.54) is 19.3 Å². The van der Waals surface area contributed by atoms with Crippen LogP contribution in [-0.2, 0) is 4.74 Å². The predicted octanol–water partition coefficient (Wildman–Crippen LogP) is 1.61. The summed E-state index contributed by atoms with van der Waals surface area (Å²) >= 11 is 0. The molecule has 2 N–H and O–H groups in total. The van der Waals surface area contributed by atoms with E-state index in [1.807, 2.05) is 0 Å². The van der Waals surface area contributed by atoms with Gasteiger partial charge in [-0.15, -0.1) is 0 Å². The van der Waals surface area contributed by atoms with Crippen LogP contribution in [0.5, 0.6) is 0 Å². The van der Waals surface area contributed by atoms with Gasteiger partial charge < -0.3 is 10.5 Å². The minimum Gasteiger partial charge on any atom is -0.374 e. The van der Waals surface area contributed by atoms with Gasteiger partial charge in [0.15, 0.2) is 0 Å². The van der Waals surface area contributed by atoms with E-state index in [1.54, 1.807) is 0 Å². The Morgan fingerprint density at radius 3 is 2.53 bits per heavy atom. The number of likely N-dealkylation sites (N-methyl/N-ethyl adjacent to an activating group) is 1. The quantitative estimate of drug-likeness (QED) is 0.730. The fourth-order valence-electron chi connectivity index (χ4n) is 2.50. The molecule has 1 heterocycles. The van der Waals surface area contributed by atoms with Crippen LogP contribution in [0.4, 0.5) is 0 Å². The zero-order chi connectivity index (χ0) is 11.3. The van der Waals surface area contributed by atoms with Gasteiger partial charge in [-0.1, -0.05) is 13.8 Å². The topological polar surface area (TPSA) is 38.5 Å². The van der Waals surface area contributed by atoms with Crippen LogP contribution >= 0.6 is 0 Å². The molecule has 3 unspecified atom stereocenters. The van der Waals surface area contributed by atoms with Crippen LogP contribution in [0, 0.1) is 0 Å². The number of nitrogens with zero attached hydrogens (tertiary/aromatic N) is 1. The van der Waals surface area contributed by atoms with E-state index in [2.05, 4.69) is 25.7 Å². The lowest BCUT2D eigenvalue weighted by molar-refractivity contribution is -0.00295. The summed E-state index contributed by atoms with van der Waals surface area (Å²) in [5.74, 6) is 0. The van der Waals surface area contributed by atoms with E-state index in [0.717, 1.165) is 13.1 Å². The fraction of sp³-hybridized carbons (Fsp3) is 1.00. The molecule has 0 aromatic rings. The second-order valence-corrected chi connectivity index (χ2v) is 4.49. The van der Waals surface area contributed by atoms with Gasteiger partial charge in [-0.05, 0) is 39.3 Å². The van der Waals surface area contributed by atoms with Gasteiger partial charge in [0.05, 0.1) is 12.2 Å². The van der Waals surface area contributed by atoms with Crippen molar-refractivity contribution in [1.29, 1.82) is 0 Å². The third kappa shape index (κ3) is 3.44. The molecular formula is C12H26N2O. The number of rotatable bonds is 6. The Morgan fingerprint density at radius 2 is 2.13 bits per heavy atom. The lowest BCUT2D eigenvalue weighted by atomic mass is 10.1. The molecule has 1 rings (SSSR count). The Hall–Kier alpha value is -0.120. The van der Waals surface area contributed by atoms with Gasteiger partial charge in [-0.25, -0.2) is 0 Å². The minimum absolute atomic E-state index is 0.358. The summed E-state index contributed by atoms with van der Waals surface area (Å²) in [5.41, 5.74) is 5.88. The van der Waals surface area contributed by atoms with E-state index < -0.39 is 0 Å². The smallest absolute Gasteiger partial charge is 0.0747 e. The molecule has 0 aromatic heterocycles. The summed E-state index contributed by atoms with van der Waals surface area (Å²) in [6, 6.07) is 0.417. The van der Waals surface area contributed by atoms with Gasteiger partial charge in [-0.3, -0.25) is 4.90 Å². The SMILES string of the molecule is CCCN(CC)C(CN)C1CCC(C)O1. The highest BCUT2D eigenvalue weighted by molar-refractivity contribution is 4.85. The molecule has 3 heteroatoms. The van der Waals surface area contributed by atoms with Crippen molar-refractivity contribution in [2.45, 2.75) is 58.3 Å². The van der Waals surface area contributed by atoms with Crippen LogP contribution in [0.2, 0.25) is 0 Å². The van der Waals surface area contributed by atoms with Crippen LogP contribution in [0.3, 0.4) is 0 Å². The summed E-state index contributed by atoms with van der Waals surface area (Å²) < 4.78 is 5.92. The van der Waals surface area contributed by atoms with E-state index in [0.29, 0.717) is 24.8 Å². The Labute approximate surface area is 94.0 Å². The van der Waals surface area contributed by atoms with Crippen LogP contribution < -0.4 is 5.73 Å². The van der Waals surface area contributed by atoms with Gasteiger partial charge in [0.25, 0.3) is 0 Å². The molecular weight excluding hydrogens is 188 g/mol. The molecule has 1 fully saturated rings. The Bertz CT molecular complexity index is 171. The number of ether oxygens (including phenoxy) is 1. The summed E-state index contributed by atoms with van der Waals surface area (Å²) in [6.07, 6.45) is 4.32. The number of hydrogen-bond donors (Lipinski definition) is 1. The van der Waals surface area contributed by atoms with Crippen LogP contribution in [-0.4, -0.2) is 42.8 Å². The molecule has 1 aliphatic rings. The van der Waals surface area contributed by atoms with Crippen LogP contribution in [0.15, 0.2) is 0 Å². The molecule has 1 aliphatic heterocycles. The molecule has 90 valence electrons. The first-order valence-corrected chi connectivity index (χ1v) is 6.32. The van der Waals surface area contributed by atoms with Gasteiger partial charge in [0.1, 0.15) is 0 Å². The van der Waals surface area contributed by atoms with Gasteiger partial charge in [-0.2, -0.15) is 0 Å². The maximum atomic E-state index is 5.92. The number of nitrogens with two attached hydrogens (primary N) is 1. The van der Waals surface area contributed by atoms with E-state index in [9.17, 15) is 0 Å². The molecule has 0 aromatic carbocycles.